The van der Waals surface area contributed by atoms with Gasteiger partial charge in [-0.15, -0.1) is 0 Å². The van der Waals surface area contributed by atoms with Gasteiger partial charge in [-0.2, -0.15) is 0 Å². The average Bonchev–Trinajstić information content (AvgIpc) is 2.30. The van der Waals surface area contributed by atoms with Crippen LogP contribution in [-0.2, 0) is 0 Å². The van der Waals surface area contributed by atoms with Crippen molar-refractivity contribution in [1.29, 1.82) is 0 Å². The Hall–Kier alpha value is -1.30. The normalized spacial score (nSPS) is 15.9. The van der Waals surface area contributed by atoms with E-state index in [4.69, 9.17) is 0 Å². The minimum atomic E-state index is 1.17. The van der Waals surface area contributed by atoms with Crippen LogP contribution in [0.15, 0.2) is 42.0 Å². The number of allylic oxidation sites excluding steroid dienone is 4. The molecule has 0 heterocycles. The first-order valence-corrected chi connectivity index (χ1v) is 5.77. The Morgan fingerprint density at radius 3 is 2.53 bits per heavy atom. The van der Waals surface area contributed by atoms with Crippen LogP contribution in [0.4, 0.5) is 0 Å². The molecule has 1 aliphatic rings. The van der Waals surface area contributed by atoms with Gasteiger partial charge in [0.1, 0.15) is 0 Å². The zero-order valence-corrected chi connectivity index (χ0v) is 9.59. The molecule has 1 aromatic carbocycles. The maximum absolute atomic E-state index is 2.29. The van der Waals surface area contributed by atoms with Crippen LogP contribution in [0.1, 0.15) is 37.3 Å². The Morgan fingerprint density at radius 2 is 1.87 bits per heavy atom. The van der Waals surface area contributed by atoms with Gasteiger partial charge in [0.25, 0.3) is 0 Å². The number of rotatable bonds is 2. The van der Waals surface area contributed by atoms with Gasteiger partial charge < -0.3 is 0 Å². The molecular weight excluding hydrogens is 180 g/mol. The highest BCUT2D eigenvalue weighted by molar-refractivity contribution is 5.77. The topological polar surface area (TPSA) is 0 Å². The Bertz CT molecular complexity index is 391. The van der Waals surface area contributed by atoms with Gasteiger partial charge in [-0.05, 0) is 37.3 Å². The fraction of sp³-hybridized carbons (Fsp3) is 0.333. The second kappa shape index (κ2) is 4.48. The van der Waals surface area contributed by atoms with Crippen LogP contribution >= 0.6 is 0 Å². The standard InChI is InChI=1S/C15H18/c1-3-13-6-4-5-7-15(13)14-10-8-12(2)9-11-14/h5,7-11H,3-4,6H2,1-2H3. The Labute approximate surface area is 92.3 Å². The molecule has 0 saturated carbocycles. The van der Waals surface area contributed by atoms with E-state index in [9.17, 15) is 0 Å². The molecule has 0 fully saturated rings. The number of aryl methyl sites for hydroxylation is 1. The van der Waals surface area contributed by atoms with Crippen molar-refractivity contribution in [2.24, 2.45) is 0 Å². The highest BCUT2D eigenvalue weighted by Gasteiger charge is 2.08. The smallest absolute Gasteiger partial charge is 0.0184 e. The summed E-state index contributed by atoms with van der Waals surface area (Å²) in [5.41, 5.74) is 5.75. The minimum absolute atomic E-state index is 1.17. The molecule has 15 heavy (non-hydrogen) atoms. The van der Waals surface area contributed by atoms with Crippen molar-refractivity contribution in [2.75, 3.05) is 0 Å². The second-order valence-corrected chi connectivity index (χ2v) is 4.18. The highest BCUT2D eigenvalue weighted by atomic mass is 14.1. The van der Waals surface area contributed by atoms with Gasteiger partial charge >= 0.3 is 0 Å². The third kappa shape index (κ3) is 2.20. The lowest BCUT2D eigenvalue weighted by molar-refractivity contribution is 0.901. The van der Waals surface area contributed by atoms with E-state index >= 15 is 0 Å². The van der Waals surface area contributed by atoms with Crippen LogP contribution in [0.2, 0.25) is 0 Å². The molecule has 0 heteroatoms. The summed E-state index contributed by atoms with van der Waals surface area (Å²) in [4.78, 5) is 0. The molecule has 0 aromatic heterocycles. The van der Waals surface area contributed by atoms with E-state index in [-0.39, 0.29) is 0 Å². The summed E-state index contributed by atoms with van der Waals surface area (Å²) in [5.74, 6) is 0. The van der Waals surface area contributed by atoms with E-state index in [0.29, 0.717) is 0 Å². The molecule has 0 amide bonds. The lowest BCUT2D eigenvalue weighted by Crippen LogP contribution is -1.94. The molecule has 0 unspecified atom stereocenters. The molecule has 0 spiro atoms. The second-order valence-electron chi connectivity index (χ2n) is 4.18. The number of hydrogen-bond acceptors (Lipinski definition) is 0. The summed E-state index contributed by atoms with van der Waals surface area (Å²) >= 11 is 0. The maximum atomic E-state index is 2.29. The lowest BCUT2D eigenvalue weighted by atomic mass is 9.91. The third-order valence-corrected chi connectivity index (χ3v) is 3.07. The summed E-state index contributed by atoms with van der Waals surface area (Å²) in [6, 6.07) is 8.85. The van der Waals surface area contributed by atoms with Crippen LogP contribution < -0.4 is 0 Å². The van der Waals surface area contributed by atoms with Gasteiger partial charge in [-0.1, -0.05) is 54.5 Å². The van der Waals surface area contributed by atoms with Crippen molar-refractivity contribution in [1.82, 2.24) is 0 Å². The van der Waals surface area contributed by atoms with E-state index < -0.39 is 0 Å². The first-order valence-electron chi connectivity index (χ1n) is 5.77. The average molecular weight is 198 g/mol. The summed E-state index contributed by atoms with van der Waals surface area (Å²) < 4.78 is 0. The van der Waals surface area contributed by atoms with Gasteiger partial charge in [-0.25, -0.2) is 0 Å². The van der Waals surface area contributed by atoms with Gasteiger partial charge in [-0.3, -0.25) is 0 Å². The molecule has 0 atom stereocenters. The van der Waals surface area contributed by atoms with E-state index in [2.05, 4.69) is 50.3 Å². The SMILES string of the molecule is CCC1=C(c2ccc(C)cc2)C=CCC1. The van der Waals surface area contributed by atoms with Crippen LogP contribution in [0, 0.1) is 6.92 Å². The summed E-state index contributed by atoms with van der Waals surface area (Å²) in [7, 11) is 0. The van der Waals surface area contributed by atoms with Crippen LogP contribution in [0.3, 0.4) is 0 Å². The Balaban J connectivity index is 2.40. The fourth-order valence-corrected chi connectivity index (χ4v) is 2.11. The van der Waals surface area contributed by atoms with Crippen molar-refractivity contribution < 1.29 is 0 Å². The molecule has 0 radical (unpaired) electrons. The van der Waals surface area contributed by atoms with Crippen molar-refractivity contribution >= 4 is 5.57 Å². The monoisotopic (exact) mass is 198 g/mol. The molecule has 0 saturated heterocycles. The van der Waals surface area contributed by atoms with Gasteiger partial charge in [0.2, 0.25) is 0 Å². The van der Waals surface area contributed by atoms with E-state index in [1.165, 1.54) is 36.0 Å². The van der Waals surface area contributed by atoms with Crippen LogP contribution in [0.25, 0.3) is 5.57 Å². The van der Waals surface area contributed by atoms with E-state index in [1.807, 2.05) is 0 Å². The molecule has 0 N–H and O–H groups in total. The van der Waals surface area contributed by atoms with E-state index in [1.54, 1.807) is 5.57 Å². The van der Waals surface area contributed by atoms with Crippen molar-refractivity contribution in [3.05, 3.63) is 53.1 Å². The predicted molar refractivity (Wildman–Crippen MR) is 66.8 cm³/mol. The Kier molecular flexibility index (Phi) is 3.05. The molecular formula is C15H18. The van der Waals surface area contributed by atoms with Crippen molar-refractivity contribution in [3.8, 4) is 0 Å². The molecule has 0 aliphatic heterocycles. The zero-order valence-electron chi connectivity index (χ0n) is 9.59. The van der Waals surface area contributed by atoms with Crippen LogP contribution in [-0.4, -0.2) is 0 Å². The van der Waals surface area contributed by atoms with Gasteiger partial charge in [0, 0.05) is 0 Å². The van der Waals surface area contributed by atoms with Crippen LogP contribution in [0.5, 0.6) is 0 Å². The van der Waals surface area contributed by atoms with Crippen molar-refractivity contribution in [3.63, 3.8) is 0 Å². The zero-order chi connectivity index (χ0) is 10.7. The fourth-order valence-electron chi connectivity index (χ4n) is 2.11. The molecule has 1 aliphatic carbocycles. The minimum Gasteiger partial charge on any atom is -0.0836 e. The summed E-state index contributed by atoms with van der Waals surface area (Å²) in [6.07, 6.45) is 8.18. The largest absolute Gasteiger partial charge is 0.0836 e. The quantitative estimate of drug-likeness (QED) is 0.656. The molecule has 78 valence electrons. The van der Waals surface area contributed by atoms with E-state index in [0.717, 1.165) is 0 Å². The molecule has 0 bridgehead atoms. The highest BCUT2D eigenvalue weighted by Crippen LogP contribution is 2.29. The van der Waals surface area contributed by atoms with Gasteiger partial charge in [0.05, 0.1) is 0 Å². The number of hydrogen-bond donors (Lipinski definition) is 0. The predicted octanol–water partition coefficient (Wildman–Crippen LogP) is 4.51. The molecule has 2 rings (SSSR count). The summed E-state index contributed by atoms with van der Waals surface area (Å²) in [6.45, 7) is 4.39. The lowest BCUT2D eigenvalue weighted by Gasteiger charge is -2.15. The van der Waals surface area contributed by atoms with Gasteiger partial charge in [0.15, 0.2) is 0 Å². The third-order valence-electron chi connectivity index (χ3n) is 3.07. The first-order chi connectivity index (χ1) is 7.31. The number of benzene rings is 1. The molecule has 0 nitrogen and oxygen atoms in total. The Morgan fingerprint density at radius 1 is 1.13 bits per heavy atom. The van der Waals surface area contributed by atoms with Crippen molar-refractivity contribution in [2.45, 2.75) is 33.1 Å². The first kappa shape index (κ1) is 10.2. The summed E-state index contributed by atoms with van der Waals surface area (Å²) in [5, 5.41) is 0. The molecule has 1 aromatic rings. The maximum Gasteiger partial charge on any atom is -0.0184 e.